The summed E-state index contributed by atoms with van der Waals surface area (Å²) in [7, 11) is 0. The quantitative estimate of drug-likeness (QED) is 0.863. The average Bonchev–Trinajstić information content (AvgIpc) is 2.45. The summed E-state index contributed by atoms with van der Waals surface area (Å²) in [6, 6.07) is 6.07. The Labute approximate surface area is 118 Å². The molecule has 2 atom stereocenters. The van der Waals surface area contributed by atoms with Gasteiger partial charge in [-0.2, -0.15) is 13.2 Å². The SMILES string of the molecule is CCC1CCNC(CCc2ccc(C(F)(F)F)cc2)C1. The third kappa shape index (κ3) is 4.23. The molecule has 1 heterocycles. The lowest BCUT2D eigenvalue weighted by Crippen LogP contribution is -2.38. The molecule has 1 saturated heterocycles. The fraction of sp³-hybridized carbons (Fsp3) is 0.625. The Morgan fingerprint density at radius 1 is 1.20 bits per heavy atom. The smallest absolute Gasteiger partial charge is 0.314 e. The molecule has 112 valence electrons. The van der Waals surface area contributed by atoms with Gasteiger partial charge in [-0.3, -0.25) is 0 Å². The fourth-order valence-corrected chi connectivity index (χ4v) is 2.89. The van der Waals surface area contributed by atoms with Gasteiger partial charge in [0.2, 0.25) is 0 Å². The standard InChI is InChI=1S/C16H22F3N/c1-2-12-9-10-20-15(11-12)8-5-13-3-6-14(7-4-13)16(17,18)19/h3-4,6-7,12,15,20H,2,5,8-11H2,1H3. The van der Waals surface area contributed by atoms with E-state index >= 15 is 0 Å². The van der Waals surface area contributed by atoms with E-state index in [2.05, 4.69) is 12.2 Å². The Bertz CT molecular complexity index is 411. The number of halogens is 3. The van der Waals surface area contributed by atoms with Gasteiger partial charge in [-0.05, 0) is 55.8 Å². The second-order valence-electron chi connectivity index (χ2n) is 5.68. The molecule has 1 aliphatic rings. The summed E-state index contributed by atoms with van der Waals surface area (Å²) in [5.41, 5.74) is 0.418. The number of benzene rings is 1. The van der Waals surface area contributed by atoms with Gasteiger partial charge in [-0.25, -0.2) is 0 Å². The maximum atomic E-state index is 12.5. The van der Waals surface area contributed by atoms with Crippen LogP contribution in [0.25, 0.3) is 0 Å². The summed E-state index contributed by atoms with van der Waals surface area (Å²) in [6.45, 7) is 3.29. The topological polar surface area (TPSA) is 12.0 Å². The maximum Gasteiger partial charge on any atom is 0.416 e. The lowest BCUT2D eigenvalue weighted by atomic mass is 9.88. The number of nitrogens with one attached hydrogen (secondary N) is 1. The highest BCUT2D eigenvalue weighted by Crippen LogP contribution is 2.29. The van der Waals surface area contributed by atoms with E-state index in [0.29, 0.717) is 6.04 Å². The third-order valence-electron chi connectivity index (χ3n) is 4.24. The van der Waals surface area contributed by atoms with Crippen LogP contribution in [-0.4, -0.2) is 12.6 Å². The number of rotatable bonds is 4. The van der Waals surface area contributed by atoms with Crippen molar-refractivity contribution in [3.8, 4) is 0 Å². The molecule has 1 aliphatic heterocycles. The summed E-state index contributed by atoms with van der Waals surface area (Å²) in [5, 5.41) is 3.51. The monoisotopic (exact) mass is 285 g/mol. The Balaban J connectivity index is 1.85. The first-order chi connectivity index (χ1) is 9.49. The van der Waals surface area contributed by atoms with Gasteiger partial charge in [-0.1, -0.05) is 25.5 Å². The van der Waals surface area contributed by atoms with Gasteiger partial charge in [0.05, 0.1) is 5.56 Å². The van der Waals surface area contributed by atoms with Crippen molar-refractivity contribution in [2.75, 3.05) is 6.54 Å². The van der Waals surface area contributed by atoms with Crippen LogP contribution in [0, 0.1) is 5.92 Å². The van der Waals surface area contributed by atoms with Crippen LogP contribution in [-0.2, 0) is 12.6 Å². The predicted octanol–water partition coefficient (Wildman–Crippen LogP) is 4.42. The molecule has 0 aromatic heterocycles. The van der Waals surface area contributed by atoms with Crippen LogP contribution in [0.2, 0.25) is 0 Å². The molecule has 0 amide bonds. The summed E-state index contributed by atoms with van der Waals surface area (Å²) in [6.07, 6.45) is 1.26. The highest BCUT2D eigenvalue weighted by atomic mass is 19.4. The maximum absolute atomic E-state index is 12.5. The van der Waals surface area contributed by atoms with Crippen molar-refractivity contribution < 1.29 is 13.2 Å². The van der Waals surface area contributed by atoms with E-state index in [1.54, 1.807) is 12.1 Å². The van der Waals surface area contributed by atoms with Crippen molar-refractivity contribution in [3.63, 3.8) is 0 Å². The van der Waals surface area contributed by atoms with Gasteiger partial charge < -0.3 is 5.32 Å². The van der Waals surface area contributed by atoms with Gasteiger partial charge in [0.15, 0.2) is 0 Å². The molecular formula is C16H22F3N. The van der Waals surface area contributed by atoms with Crippen molar-refractivity contribution in [3.05, 3.63) is 35.4 Å². The Morgan fingerprint density at radius 3 is 2.50 bits per heavy atom. The lowest BCUT2D eigenvalue weighted by molar-refractivity contribution is -0.137. The predicted molar refractivity (Wildman–Crippen MR) is 74.6 cm³/mol. The highest BCUT2D eigenvalue weighted by Gasteiger charge is 2.29. The zero-order valence-corrected chi connectivity index (χ0v) is 11.8. The molecule has 1 aromatic carbocycles. The summed E-state index contributed by atoms with van der Waals surface area (Å²) >= 11 is 0. The average molecular weight is 285 g/mol. The minimum atomic E-state index is -4.24. The second kappa shape index (κ2) is 6.61. The summed E-state index contributed by atoms with van der Waals surface area (Å²) in [5.74, 6) is 0.800. The van der Waals surface area contributed by atoms with Gasteiger partial charge in [0.1, 0.15) is 0 Å². The first-order valence-corrected chi connectivity index (χ1v) is 7.38. The molecule has 4 heteroatoms. The number of hydrogen-bond donors (Lipinski definition) is 1. The molecule has 1 nitrogen and oxygen atoms in total. The van der Waals surface area contributed by atoms with Crippen LogP contribution in [0.5, 0.6) is 0 Å². The molecular weight excluding hydrogens is 263 g/mol. The van der Waals surface area contributed by atoms with E-state index < -0.39 is 11.7 Å². The van der Waals surface area contributed by atoms with Gasteiger partial charge in [0.25, 0.3) is 0 Å². The van der Waals surface area contributed by atoms with Gasteiger partial charge in [0, 0.05) is 6.04 Å². The van der Waals surface area contributed by atoms with Crippen LogP contribution in [0.3, 0.4) is 0 Å². The van der Waals surface area contributed by atoms with Gasteiger partial charge in [-0.15, -0.1) is 0 Å². The number of hydrogen-bond acceptors (Lipinski definition) is 1. The van der Waals surface area contributed by atoms with E-state index in [0.717, 1.165) is 30.9 Å². The van der Waals surface area contributed by atoms with Crippen molar-refractivity contribution in [2.45, 2.75) is 51.2 Å². The third-order valence-corrected chi connectivity index (χ3v) is 4.24. The van der Waals surface area contributed by atoms with E-state index in [4.69, 9.17) is 0 Å². The van der Waals surface area contributed by atoms with E-state index in [1.807, 2.05) is 0 Å². The largest absolute Gasteiger partial charge is 0.416 e. The minimum Gasteiger partial charge on any atom is -0.314 e. The normalized spacial score (nSPS) is 23.8. The van der Waals surface area contributed by atoms with E-state index in [9.17, 15) is 13.2 Å². The Morgan fingerprint density at radius 2 is 1.90 bits per heavy atom. The van der Waals surface area contributed by atoms with Crippen LogP contribution in [0.15, 0.2) is 24.3 Å². The van der Waals surface area contributed by atoms with Gasteiger partial charge >= 0.3 is 6.18 Å². The highest BCUT2D eigenvalue weighted by molar-refractivity contribution is 5.24. The van der Waals surface area contributed by atoms with Crippen LogP contribution < -0.4 is 5.32 Å². The van der Waals surface area contributed by atoms with Crippen LogP contribution in [0.1, 0.15) is 43.7 Å². The Kier molecular flexibility index (Phi) is 5.08. The van der Waals surface area contributed by atoms with Crippen molar-refractivity contribution in [1.29, 1.82) is 0 Å². The molecule has 2 rings (SSSR count). The number of aryl methyl sites for hydroxylation is 1. The first kappa shape index (κ1) is 15.4. The fourth-order valence-electron chi connectivity index (χ4n) is 2.89. The van der Waals surface area contributed by atoms with E-state index in [1.165, 1.54) is 31.4 Å². The van der Waals surface area contributed by atoms with Crippen molar-refractivity contribution >= 4 is 0 Å². The zero-order valence-electron chi connectivity index (χ0n) is 11.8. The molecule has 1 N–H and O–H groups in total. The molecule has 20 heavy (non-hydrogen) atoms. The molecule has 0 saturated carbocycles. The second-order valence-corrected chi connectivity index (χ2v) is 5.68. The van der Waals surface area contributed by atoms with Crippen molar-refractivity contribution in [2.24, 2.45) is 5.92 Å². The van der Waals surface area contributed by atoms with Crippen molar-refractivity contribution in [1.82, 2.24) is 5.32 Å². The number of alkyl halides is 3. The number of piperidine rings is 1. The first-order valence-electron chi connectivity index (χ1n) is 7.38. The van der Waals surface area contributed by atoms with E-state index in [-0.39, 0.29) is 0 Å². The molecule has 0 radical (unpaired) electrons. The summed E-state index contributed by atoms with van der Waals surface area (Å²) in [4.78, 5) is 0. The Hall–Kier alpha value is -1.03. The van der Waals surface area contributed by atoms with Crippen LogP contribution >= 0.6 is 0 Å². The molecule has 0 spiro atoms. The molecule has 1 fully saturated rings. The minimum absolute atomic E-state index is 0.510. The summed E-state index contributed by atoms with van der Waals surface area (Å²) < 4.78 is 37.4. The molecule has 0 bridgehead atoms. The molecule has 1 aromatic rings. The lowest BCUT2D eigenvalue weighted by Gasteiger charge is -2.29. The molecule has 0 aliphatic carbocycles. The molecule has 2 unspecified atom stereocenters. The van der Waals surface area contributed by atoms with Crippen LogP contribution in [0.4, 0.5) is 13.2 Å². The zero-order chi connectivity index (χ0) is 14.6.